The molecule has 1 N–H and O–H groups in total. The van der Waals surface area contributed by atoms with E-state index in [0.29, 0.717) is 22.0 Å². The maximum absolute atomic E-state index is 12.9. The minimum Gasteiger partial charge on any atom is -0.493 e. The number of carboxylic acid groups (broad SMARTS) is 1. The average Bonchev–Trinajstić information content (AvgIpc) is 3.10. The molecule has 1 aliphatic heterocycles. The molecule has 3 aromatic rings. The lowest BCUT2D eigenvalue weighted by molar-refractivity contribution is -0.123. The molecule has 4 rings (SSSR count). The number of carboxylic acids is 1. The topological polar surface area (TPSA) is 93.1 Å². The molecule has 7 nitrogen and oxygen atoms in total. The number of methoxy groups -OCH3 is 1. The van der Waals surface area contributed by atoms with E-state index in [2.05, 4.69) is 15.9 Å². The molecule has 2 amide bonds. The lowest BCUT2D eigenvalue weighted by atomic mass is 10.1. The first-order valence-corrected chi connectivity index (χ1v) is 12.1. The maximum atomic E-state index is 12.9. The van der Waals surface area contributed by atoms with E-state index < -0.39 is 5.97 Å². The second-order valence-corrected chi connectivity index (χ2v) is 9.51. The number of aromatic carboxylic acids is 1. The van der Waals surface area contributed by atoms with E-state index in [1.165, 1.54) is 24.1 Å². The Hall–Kier alpha value is -3.56. The summed E-state index contributed by atoms with van der Waals surface area (Å²) in [5, 5.41) is 8.69. The molecule has 178 valence electrons. The predicted molar refractivity (Wildman–Crippen MR) is 136 cm³/mol. The second kappa shape index (κ2) is 10.8. The molecule has 9 heteroatoms. The van der Waals surface area contributed by atoms with Crippen molar-refractivity contribution in [1.29, 1.82) is 0 Å². The van der Waals surface area contributed by atoms with Gasteiger partial charge in [-0.3, -0.25) is 14.5 Å². The fourth-order valence-corrected chi connectivity index (χ4v) is 4.69. The van der Waals surface area contributed by atoms with Crippen molar-refractivity contribution in [2.24, 2.45) is 0 Å². The Balaban J connectivity index is 1.46. The first-order chi connectivity index (χ1) is 16.8. The summed E-state index contributed by atoms with van der Waals surface area (Å²) >= 11 is 4.30. The van der Waals surface area contributed by atoms with Gasteiger partial charge in [-0.2, -0.15) is 0 Å². The van der Waals surface area contributed by atoms with Gasteiger partial charge in [-0.25, -0.2) is 4.79 Å². The van der Waals surface area contributed by atoms with E-state index in [1.807, 2.05) is 24.3 Å². The normalized spacial score (nSPS) is 14.5. The monoisotopic (exact) mass is 553 g/mol. The molecule has 1 fully saturated rings. The zero-order valence-corrected chi connectivity index (χ0v) is 21.0. The van der Waals surface area contributed by atoms with Gasteiger partial charge in [0.15, 0.2) is 11.5 Å². The zero-order chi connectivity index (χ0) is 24.9. The highest BCUT2D eigenvalue weighted by Gasteiger charge is 2.35. The average molecular weight is 554 g/mol. The van der Waals surface area contributed by atoms with Gasteiger partial charge in [0.05, 0.1) is 24.1 Å². The van der Waals surface area contributed by atoms with Gasteiger partial charge in [-0.15, -0.1) is 0 Å². The molecule has 0 aliphatic carbocycles. The van der Waals surface area contributed by atoms with Crippen LogP contribution in [-0.4, -0.2) is 34.2 Å². The summed E-state index contributed by atoms with van der Waals surface area (Å²) in [6.45, 7) is 0.426. The van der Waals surface area contributed by atoms with E-state index >= 15 is 0 Å². The highest BCUT2D eigenvalue weighted by Crippen LogP contribution is 2.35. The van der Waals surface area contributed by atoms with E-state index in [4.69, 9.17) is 14.6 Å². The summed E-state index contributed by atoms with van der Waals surface area (Å²) in [6.07, 6.45) is 1.66. The summed E-state index contributed by atoms with van der Waals surface area (Å²) < 4.78 is 12.2. The molecule has 0 bridgehead atoms. The Bertz CT molecular complexity index is 1320. The van der Waals surface area contributed by atoms with Gasteiger partial charge >= 0.3 is 5.97 Å². The molecule has 0 unspecified atom stereocenters. The van der Waals surface area contributed by atoms with Crippen LogP contribution in [0.4, 0.5) is 4.79 Å². The van der Waals surface area contributed by atoms with Crippen LogP contribution in [0.1, 0.15) is 27.0 Å². The van der Waals surface area contributed by atoms with Gasteiger partial charge in [0.2, 0.25) is 0 Å². The zero-order valence-electron chi connectivity index (χ0n) is 18.6. The minimum atomic E-state index is -0.985. The summed E-state index contributed by atoms with van der Waals surface area (Å²) in [6, 6.07) is 19.1. The fraction of sp³-hybridized carbons (Fsp3) is 0.115. The number of ether oxygens (including phenoxy) is 2. The van der Waals surface area contributed by atoms with Crippen LogP contribution in [0.25, 0.3) is 6.08 Å². The smallest absolute Gasteiger partial charge is 0.335 e. The second-order valence-electron chi connectivity index (χ2n) is 7.60. The van der Waals surface area contributed by atoms with Crippen LogP contribution in [0.2, 0.25) is 0 Å². The molecule has 0 spiro atoms. The molecule has 3 aromatic carbocycles. The van der Waals surface area contributed by atoms with E-state index in [0.717, 1.165) is 27.4 Å². The largest absolute Gasteiger partial charge is 0.493 e. The van der Waals surface area contributed by atoms with Crippen LogP contribution >= 0.6 is 27.7 Å². The number of rotatable bonds is 8. The van der Waals surface area contributed by atoms with Crippen molar-refractivity contribution < 1.29 is 29.0 Å². The molecule has 0 atom stereocenters. The summed E-state index contributed by atoms with van der Waals surface area (Å²) in [4.78, 5) is 37.9. The molecule has 35 heavy (non-hydrogen) atoms. The number of thioether (sulfide) groups is 1. The van der Waals surface area contributed by atoms with E-state index in [1.54, 1.807) is 36.4 Å². The van der Waals surface area contributed by atoms with Gasteiger partial charge < -0.3 is 14.6 Å². The maximum Gasteiger partial charge on any atom is 0.335 e. The van der Waals surface area contributed by atoms with Crippen LogP contribution in [0.5, 0.6) is 11.5 Å². The van der Waals surface area contributed by atoms with Gasteiger partial charge in [0.1, 0.15) is 6.61 Å². The molecule has 1 aliphatic rings. The number of amides is 2. The summed E-state index contributed by atoms with van der Waals surface area (Å²) in [7, 11) is 1.51. The molecule has 0 radical (unpaired) electrons. The number of imide groups is 1. The highest BCUT2D eigenvalue weighted by atomic mass is 79.9. The van der Waals surface area contributed by atoms with Crippen LogP contribution in [0, 0.1) is 0 Å². The number of hydrogen-bond acceptors (Lipinski definition) is 6. The third-order valence-electron chi connectivity index (χ3n) is 5.18. The molecular weight excluding hydrogens is 534 g/mol. The Morgan fingerprint density at radius 1 is 1.03 bits per heavy atom. The van der Waals surface area contributed by atoms with Gasteiger partial charge in [0, 0.05) is 4.47 Å². The standard InChI is InChI=1S/C26H20BrNO6S/c1-33-22-12-17(7-10-21(22)34-15-16-5-8-19(9-6-16)25(30)31)13-23-24(29)28(26(32)35-23)14-18-3-2-4-20(27)11-18/h2-13H,14-15H2,1H3,(H,30,31)/b23-13-. The molecule has 1 heterocycles. The van der Waals surface area contributed by atoms with E-state index in [-0.39, 0.29) is 29.9 Å². The number of halogens is 1. The van der Waals surface area contributed by atoms with Crippen molar-refractivity contribution in [3.05, 3.63) is 98.4 Å². The summed E-state index contributed by atoms with van der Waals surface area (Å²) in [5.41, 5.74) is 2.55. The third kappa shape index (κ3) is 5.93. The Kier molecular flexibility index (Phi) is 7.57. The van der Waals surface area contributed by atoms with E-state index in [9.17, 15) is 14.4 Å². The van der Waals surface area contributed by atoms with Gasteiger partial charge in [-0.05, 0) is 70.9 Å². The third-order valence-corrected chi connectivity index (χ3v) is 6.58. The lowest BCUT2D eigenvalue weighted by Gasteiger charge is -2.13. The number of nitrogens with zero attached hydrogens (tertiary/aromatic N) is 1. The molecule has 1 saturated heterocycles. The predicted octanol–water partition coefficient (Wildman–Crippen LogP) is 5.97. The number of benzene rings is 3. The van der Waals surface area contributed by atoms with Gasteiger partial charge in [0.25, 0.3) is 11.1 Å². The van der Waals surface area contributed by atoms with Crippen LogP contribution in [-0.2, 0) is 17.9 Å². The molecule has 0 saturated carbocycles. The SMILES string of the molecule is COc1cc(/C=C2\SC(=O)N(Cc3cccc(Br)c3)C2=O)ccc1OCc1ccc(C(=O)O)cc1. The lowest BCUT2D eigenvalue weighted by Crippen LogP contribution is -2.27. The minimum absolute atomic E-state index is 0.199. The quantitative estimate of drug-likeness (QED) is 0.343. The Labute approximate surface area is 214 Å². The van der Waals surface area contributed by atoms with Crippen molar-refractivity contribution in [3.8, 4) is 11.5 Å². The Morgan fingerprint density at radius 2 is 1.80 bits per heavy atom. The van der Waals surface area contributed by atoms with Crippen LogP contribution in [0.3, 0.4) is 0 Å². The number of carbonyl (C=O) groups excluding carboxylic acids is 2. The fourth-order valence-electron chi connectivity index (χ4n) is 3.40. The number of hydrogen-bond donors (Lipinski definition) is 1. The number of carbonyl (C=O) groups is 3. The van der Waals surface area contributed by atoms with Crippen molar-refractivity contribution in [1.82, 2.24) is 4.90 Å². The summed E-state index contributed by atoms with van der Waals surface area (Å²) in [5.74, 6) is -0.367. The van der Waals surface area contributed by atoms with Crippen LogP contribution in [0.15, 0.2) is 76.1 Å². The van der Waals surface area contributed by atoms with Crippen molar-refractivity contribution >= 4 is 50.9 Å². The van der Waals surface area contributed by atoms with Gasteiger partial charge in [-0.1, -0.05) is 46.3 Å². The molecule has 0 aromatic heterocycles. The van der Waals surface area contributed by atoms with Crippen molar-refractivity contribution in [2.45, 2.75) is 13.2 Å². The first-order valence-electron chi connectivity index (χ1n) is 10.5. The first kappa shape index (κ1) is 24.6. The van der Waals surface area contributed by atoms with Crippen molar-refractivity contribution in [3.63, 3.8) is 0 Å². The Morgan fingerprint density at radius 3 is 2.49 bits per heavy atom. The highest BCUT2D eigenvalue weighted by molar-refractivity contribution is 9.10. The van der Waals surface area contributed by atoms with Crippen LogP contribution < -0.4 is 9.47 Å². The van der Waals surface area contributed by atoms with Crippen molar-refractivity contribution in [2.75, 3.05) is 7.11 Å². The molecular formula is C26H20BrNO6S.